The summed E-state index contributed by atoms with van der Waals surface area (Å²) in [7, 11) is 0. The maximum absolute atomic E-state index is 2.40. The zero-order valence-electron chi connectivity index (χ0n) is 6.57. The fraction of sp³-hybridized carbons (Fsp3) is 0.333. The van der Waals surface area contributed by atoms with Crippen molar-refractivity contribution in [2.45, 2.75) is 19.8 Å². The second kappa shape index (κ2) is 4.07. The van der Waals surface area contributed by atoms with Gasteiger partial charge in [-0.25, -0.2) is 0 Å². The van der Waals surface area contributed by atoms with Crippen LogP contribution in [-0.2, 0) is 0 Å². The Labute approximate surface area is 95.0 Å². The molecule has 0 N–H and O–H groups in total. The average Bonchev–Trinajstić information content (AvgIpc) is 1.85. The molecule has 0 saturated heterocycles. The number of rotatable bonds is 1. The Morgan fingerprint density at radius 3 is 1.82 bits per heavy atom. The lowest BCUT2D eigenvalue weighted by Gasteiger charge is -2.09. The molecule has 0 nitrogen and oxygen atoms in total. The van der Waals surface area contributed by atoms with Crippen LogP contribution in [0.1, 0.15) is 25.3 Å². The quantitative estimate of drug-likeness (QED) is 0.654. The third kappa shape index (κ3) is 2.31. The molecule has 0 heterocycles. The van der Waals surface area contributed by atoms with Gasteiger partial charge in [-0.2, -0.15) is 0 Å². The van der Waals surface area contributed by atoms with Crippen LogP contribution in [0, 0.1) is 7.14 Å². The Hall–Kier alpha value is 0.680. The zero-order chi connectivity index (χ0) is 8.43. The fourth-order valence-electron chi connectivity index (χ4n) is 1.06. The van der Waals surface area contributed by atoms with Crippen molar-refractivity contribution in [3.05, 3.63) is 30.9 Å². The van der Waals surface area contributed by atoms with Crippen LogP contribution in [0.3, 0.4) is 0 Å². The summed E-state index contributed by atoms with van der Waals surface area (Å²) in [5.74, 6) is 0.634. The lowest BCUT2D eigenvalue weighted by molar-refractivity contribution is 0.853. The minimum Gasteiger partial charge on any atom is -0.0601 e. The van der Waals surface area contributed by atoms with E-state index < -0.39 is 0 Å². The Kier molecular flexibility index (Phi) is 3.61. The molecule has 0 fully saturated rings. The predicted molar refractivity (Wildman–Crippen MR) is 66.0 cm³/mol. The van der Waals surface area contributed by atoms with Crippen molar-refractivity contribution in [3.63, 3.8) is 0 Å². The summed E-state index contributed by atoms with van der Waals surface area (Å²) in [5, 5.41) is 0. The first-order chi connectivity index (χ1) is 5.13. The minimum absolute atomic E-state index is 0.634. The molecule has 0 aliphatic rings. The SMILES string of the molecule is CC(C)c1c(I)cccc1I. The number of benzene rings is 1. The molecule has 60 valence electrons. The summed E-state index contributed by atoms with van der Waals surface area (Å²) in [4.78, 5) is 0. The summed E-state index contributed by atoms with van der Waals surface area (Å²) in [6, 6.07) is 6.44. The highest BCUT2D eigenvalue weighted by Crippen LogP contribution is 2.25. The Bertz CT molecular complexity index is 233. The summed E-state index contributed by atoms with van der Waals surface area (Å²) >= 11 is 4.79. The molecule has 0 radical (unpaired) electrons. The van der Waals surface area contributed by atoms with Gasteiger partial charge in [-0.05, 0) is 68.8 Å². The van der Waals surface area contributed by atoms with E-state index in [0.717, 1.165) is 0 Å². The van der Waals surface area contributed by atoms with Crippen LogP contribution >= 0.6 is 45.2 Å². The van der Waals surface area contributed by atoms with Gasteiger partial charge in [0, 0.05) is 7.14 Å². The third-order valence-electron chi connectivity index (χ3n) is 1.58. The molecule has 11 heavy (non-hydrogen) atoms. The van der Waals surface area contributed by atoms with Crippen molar-refractivity contribution >= 4 is 45.2 Å². The van der Waals surface area contributed by atoms with Gasteiger partial charge in [-0.1, -0.05) is 19.9 Å². The van der Waals surface area contributed by atoms with E-state index in [9.17, 15) is 0 Å². The molecule has 1 aromatic rings. The van der Waals surface area contributed by atoms with Crippen LogP contribution in [0.15, 0.2) is 18.2 Å². The van der Waals surface area contributed by atoms with Crippen molar-refractivity contribution in [2.75, 3.05) is 0 Å². The predicted octanol–water partition coefficient (Wildman–Crippen LogP) is 4.02. The van der Waals surface area contributed by atoms with Crippen LogP contribution in [0.5, 0.6) is 0 Å². The number of hydrogen-bond donors (Lipinski definition) is 0. The zero-order valence-corrected chi connectivity index (χ0v) is 10.9. The molecule has 0 unspecified atom stereocenters. The molecule has 2 heteroatoms. The molecular weight excluding hydrogens is 362 g/mol. The van der Waals surface area contributed by atoms with E-state index in [0.29, 0.717) is 5.92 Å². The highest BCUT2D eigenvalue weighted by atomic mass is 127. The minimum atomic E-state index is 0.634. The molecule has 0 spiro atoms. The van der Waals surface area contributed by atoms with E-state index in [2.05, 4.69) is 77.2 Å². The molecule has 0 aliphatic carbocycles. The highest BCUT2D eigenvalue weighted by Gasteiger charge is 2.06. The largest absolute Gasteiger partial charge is 0.0601 e. The monoisotopic (exact) mass is 372 g/mol. The van der Waals surface area contributed by atoms with Crippen LogP contribution in [0.2, 0.25) is 0 Å². The van der Waals surface area contributed by atoms with Crippen molar-refractivity contribution < 1.29 is 0 Å². The summed E-state index contributed by atoms with van der Waals surface area (Å²) in [6.07, 6.45) is 0. The summed E-state index contributed by atoms with van der Waals surface area (Å²) in [5.41, 5.74) is 1.48. The van der Waals surface area contributed by atoms with Gasteiger partial charge in [0.25, 0.3) is 0 Å². The fourth-order valence-corrected chi connectivity index (χ4v) is 3.82. The van der Waals surface area contributed by atoms with Crippen LogP contribution in [-0.4, -0.2) is 0 Å². The number of hydrogen-bond acceptors (Lipinski definition) is 0. The van der Waals surface area contributed by atoms with Crippen molar-refractivity contribution in [3.8, 4) is 0 Å². The second-order valence-corrected chi connectivity index (χ2v) is 5.11. The van der Waals surface area contributed by atoms with Gasteiger partial charge in [0.1, 0.15) is 0 Å². The first-order valence-corrected chi connectivity index (χ1v) is 5.72. The van der Waals surface area contributed by atoms with Crippen molar-refractivity contribution in [2.24, 2.45) is 0 Å². The van der Waals surface area contributed by atoms with Gasteiger partial charge < -0.3 is 0 Å². The molecule has 0 aromatic heterocycles. The Balaban J connectivity index is 3.21. The maximum Gasteiger partial charge on any atom is 0.0175 e. The van der Waals surface area contributed by atoms with Gasteiger partial charge in [0.2, 0.25) is 0 Å². The molecule has 0 aliphatic heterocycles. The summed E-state index contributed by atoms with van der Waals surface area (Å²) < 4.78 is 2.76. The van der Waals surface area contributed by atoms with E-state index in [1.165, 1.54) is 12.7 Å². The molecule has 0 amide bonds. The van der Waals surface area contributed by atoms with Gasteiger partial charge in [0.05, 0.1) is 0 Å². The van der Waals surface area contributed by atoms with Gasteiger partial charge >= 0.3 is 0 Å². The van der Waals surface area contributed by atoms with Gasteiger partial charge in [0.15, 0.2) is 0 Å². The van der Waals surface area contributed by atoms with E-state index >= 15 is 0 Å². The van der Waals surface area contributed by atoms with Gasteiger partial charge in [-0.15, -0.1) is 0 Å². The lowest BCUT2D eigenvalue weighted by atomic mass is 10.0. The van der Waals surface area contributed by atoms with Gasteiger partial charge in [-0.3, -0.25) is 0 Å². The smallest absolute Gasteiger partial charge is 0.0175 e. The van der Waals surface area contributed by atoms with Crippen molar-refractivity contribution in [1.29, 1.82) is 0 Å². The van der Waals surface area contributed by atoms with Crippen LogP contribution < -0.4 is 0 Å². The lowest BCUT2D eigenvalue weighted by Crippen LogP contribution is -1.94. The van der Waals surface area contributed by atoms with Crippen molar-refractivity contribution in [1.82, 2.24) is 0 Å². The van der Waals surface area contributed by atoms with E-state index in [4.69, 9.17) is 0 Å². The summed E-state index contributed by atoms with van der Waals surface area (Å²) in [6.45, 7) is 4.47. The standard InChI is InChI=1S/C9H10I2/c1-6(2)9-7(10)4-3-5-8(9)11/h3-6H,1-2H3. The average molecular weight is 372 g/mol. The third-order valence-corrected chi connectivity index (χ3v) is 3.46. The van der Waals surface area contributed by atoms with E-state index in [1.807, 2.05) is 0 Å². The normalized spacial score (nSPS) is 10.6. The molecular formula is C9H10I2. The molecule has 1 rings (SSSR count). The van der Waals surface area contributed by atoms with E-state index in [-0.39, 0.29) is 0 Å². The molecule has 0 bridgehead atoms. The first-order valence-electron chi connectivity index (χ1n) is 3.57. The maximum atomic E-state index is 2.40. The Morgan fingerprint density at radius 2 is 1.55 bits per heavy atom. The number of halogens is 2. The van der Waals surface area contributed by atoms with Crippen LogP contribution in [0.4, 0.5) is 0 Å². The second-order valence-electron chi connectivity index (χ2n) is 2.79. The molecule has 0 saturated carbocycles. The molecule has 1 aromatic carbocycles. The highest BCUT2D eigenvalue weighted by molar-refractivity contribution is 14.1. The van der Waals surface area contributed by atoms with E-state index in [1.54, 1.807) is 0 Å². The first kappa shape index (κ1) is 9.77. The Morgan fingerprint density at radius 1 is 1.09 bits per heavy atom. The van der Waals surface area contributed by atoms with Crippen LogP contribution in [0.25, 0.3) is 0 Å². The topological polar surface area (TPSA) is 0 Å². The molecule has 0 atom stereocenters.